The second kappa shape index (κ2) is 7.36. The Morgan fingerprint density at radius 3 is 2.61 bits per heavy atom. The van der Waals surface area contributed by atoms with E-state index in [1.54, 1.807) is 6.92 Å². The third kappa shape index (κ3) is 4.64. The molecule has 0 bridgehead atoms. The van der Waals surface area contributed by atoms with Crippen molar-refractivity contribution in [2.24, 2.45) is 5.41 Å². The van der Waals surface area contributed by atoms with Crippen molar-refractivity contribution in [2.75, 3.05) is 26.2 Å². The van der Waals surface area contributed by atoms with Crippen LogP contribution in [-0.2, 0) is 14.3 Å². The molecule has 0 spiro atoms. The maximum atomic E-state index is 12.0. The summed E-state index contributed by atoms with van der Waals surface area (Å²) in [6.45, 7) is 6.54. The maximum absolute atomic E-state index is 12.0. The van der Waals surface area contributed by atoms with Crippen LogP contribution in [-0.4, -0.2) is 38.1 Å². The lowest BCUT2D eigenvalue weighted by atomic mass is 9.80. The zero-order valence-corrected chi connectivity index (χ0v) is 11.4. The molecule has 1 heterocycles. The minimum atomic E-state index is -0.255. The molecular weight excluding hydrogens is 232 g/mol. The van der Waals surface area contributed by atoms with Crippen molar-refractivity contribution in [3.63, 3.8) is 0 Å². The van der Waals surface area contributed by atoms with E-state index in [1.165, 1.54) is 0 Å². The van der Waals surface area contributed by atoms with Crippen molar-refractivity contribution in [1.29, 1.82) is 0 Å². The van der Waals surface area contributed by atoms with Gasteiger partial charge in [0.15, 0.2) is 0 Å². The van der Waals surface area contributed by atoms with Gasteiger partial charge in [0.1, 0.15) is 0 Å². The van der Waals surface area contributed by atoms with Gasteiger partial charge < -0.3 is 15.4 Å². The Labute approximate surface area is 109 Å². The molecule has 0 aliphatic carbocycles. The van der Waals surface area contributed by atoms with E-state index in [9.17, 15) is 9.59 Å². The first-order valence-corrected chi connectivity index (χ1v) is 6.73. The lowest BCUT2D eigenvalue weighted by Crippen LogP contribution is -2.46. The van der Waals surface area contributed by atoms with Crippen LogP contribution in [0.5, 0.6) is 0 Å². The van der Waals surface area contributed by atoms with E-state index in [-0.39, 0.29) is 17.3 Å². The van der Waals surface area contributed by atoms with Crippen molar-refractivity contribution in [3.05, 3.63) is 0 Å². The first-order valence-electron chi connectivity index (χ1n) is 6.73. The second-order valence-electron chi connectivity index (χ2n) is 4.98. The van der Waals surface area contributed by atoms with Crippen molar-refractivity contribution in [2.45, 2.75) is 39.5 Å². The van der Waals surface area contributed by atoms with Crippen LogP contribution in [0, 0.1) is 5.41 Å². The monoisotopic (exact) mass is 256 g/mol. The Morgan fingerprint density at radius 2 is 2.00 bits per heavy atom. The van der Waals surface area contributed by atoms with Crippen molar-refractivity contribution >= 4 is 11.9 Å². The number of amides is 1. The first-order chi connectivity index (χ1) is 8.58. The lowest BCUT2D eigenvalue weighted by Gasteiger charge is -2.32. The normalized spacial score (nSPS) is 18.1. The molecule has 104 valence electrons. The number of piperidine rings is 1. The van der Waals surface area contributed by atoms with Crippen LogP contribution in [0.4, 0.5) is 0 Å². The molecule has 1 saturated heterocycles. The van der Waals surface area contributed by atoms with Gasteiger partial charge in [-0.15, -0.1) is 0 Å². The Balaban J connectivity index is 2.18. The fourth-order valence-corrected chi connectivity index (χ4v) is 2.09. The molecule has 1 fully saturated rings. The molecule has 18 heavy (non-hydrogen) atoms. The molecule has 2 N–H and O–H groups in total. The summed E-state index contributed by atoms with van der Waals surface area (Å²) < 4.78 is 4.83. The highest BCUT2D eigenvalue weighted by molar-refractivity contribution is 5.82. The van der Waals surface area contributed by atoms with Crippen LogP contribution in [0.2, 0.25) is 0 Å². The average molecular weight is 256 g/mol. The number of hydrogen-bond acceptors (Lipinski definition) is 4. The maximum Gasteiger partial charge on any atom is 0.305 e. The van der Waals surface area contributed by atoms with Crippen molar-refractivity contribution in [1.82, 2.24) is 10.6 Å². The second-order valence-corrected chi connectivity index (χ2v) is 4.98. The standard InChI is InChI=1S/C13H24N2O3/c1-3-18-11(16)5-4-8-15-12(17)13(2)6-9-14-10-7-13/h14H,3-10H2,1-2H3,(H,15,17). The number of nitrogens with one attached hydrogen (secondary N) is 2. The summed E-state index contributed by atoms with van der Waals surface area (Å²) in [5.74, 6) is -0.0901. The molecule has 0 atom stereocenters. The molecule has 0 saturated carbocycles. The van der Waals surface area contributed by atoms with E-state index >= 15 is 0 Å². The number of rotatable bonds is 6. The molecule has 1 amide bonds. The highest BCUT2D eigenvalue weighted by Crippen LogP contribution is 2.27. The summed E-state index contributed by atoms with van der Waals surface area (Å²) in [6.07, 6.45) is 2.75. The van der Waals surface area contributed by atoms with Crippen LogP contribution in [0.15, 0.2) is 0 Å². The summed E-state index contributed by atoms with van der Waals surface area (Å²) in [5, 5.41) is 6.17. The number of esters is 1. The topological polar surface area (TPSA) is 67.4 Å². The highest BCUT2D eigenvalue weighted by Gasteiger charge is 2.33. The van der Waals surface area contributed by atoms with Gasteiger partial charge in [-0.25, -0.2) is 0 Å². The minimum Gasteiger partial charge on any atom is -0.466 e. The molecular formula is C13H24N2O3. The number of hydrogen-bond donors (Lipinski definition) is 2. The molecule has 1 aliphatic rings. The predicted octanol–water partition coefficient (Wildman–Crippen LogP) is 0.836. The smallest absolute Gasteiger partial charge is 0.305 e. The molecule has 0 aromatic carbocycles. The SMILES string of the molecule is CCOC(=O)CCCNC(=O)C1(C)CCNCC1. The van der Waals surface area contributed by atoms with Crippen LogP contribution < -0.4 is 10.6 Å². The van der Waals surface area contributed by atoms with Gasteiger partial charge in [0.25, 0.3) is 0 Å². The van der Waals surface area contributed by atoms with Crippen LogP contribution in [0.1, 0.15) is 39.5 Å². The van der Waals surface area contributed by atoms with Crippen molar-refractivity contribution < 1.29 is 14.3 Å². The Bertz CT molecular complexity index is 286. The van der Waals surface area contributed by atoms with Gasteiger partial charge in [0, 0.05) is 18.4 Å². The molecule has 1 aliphatic heterocycles. The molecule has 5 heteroatoms. The summed E-state index contributed by atoms with van der Waals surface area (Å²) in [4.78, 5) is 23.1. The third-order valence-electron chi connectivity index (χ3n) is 3.40. The zero-order chi connectivity index (χ0) is 13.4. The Kier molecular flexibility index (Phi) is 6.12. The first kappa shape index (κ1) is 15.0. The lowest BCUT2D eigenvalue weighted by molar-refractivity contribution is -0.143. The van der Waals surface area contributed by atoms with Gasteiger partial charge in [-0.05, 0) is 39.3 Å². The van der Waals surface area contributed by atoms with Crippen LogP contribution >= 0.6 is 0 Å². The van der Waals surface area contributed by atoms with Gasteiger partial charge >= 0.3 is 5.97 Å². The number of carbonyl (C=O) groups is 2. The van der Waals surface area contributed by atoms with Gasteiger partial charge in [-0.1, -0.05) is 6.92 Å². The van der Waals surface area contributed by atoms with E-state index in [4.69, 9.17) is 4.74 Å². The largest absolute Gasteiger partial charge is 0.466 e. The van der Waals surface area contributed by atoms with E-state index in [0.717, 1.165) is 25.9 Å². The van der Waals surface area contributed by atoms with E-state index in [1.807, 2.05) is 6.92 Å². The summed E-state index contributed by atoms with van der Waals surface area (Å²) in [5.41, 5.74) is -0.255. The number of carbonyl (C=O) groups excluding carboxylic acids is 2. The molecule has 5 nitrogen and oxygen atoms in total. The summed E-state index contributed by atoms with van der Waals surface area (Å²) >= 11 is 0. The molecule has 0 radical (unpaired) electrons. The predicted molar refractivity (Wildman–Crippen MR) is 69.1 cm³/mol. The van der Waals surface area contributed by atoms with Crippen LogP contribution in [0.25, 0.3) is 0 Å². The molecule has 1 rings (SSSR count). The zero-order valence-electron chi connectivity index (χ0n) is 11.4. The van der Waals surface area contributed by atoms with E-state index < -0.39 is 0 Å². The van der Waals surface area contributed by atoms with Crippen LogP contribution in [0.3, 0.4) is 0 Å². The quantitative estimate of drug-likeness (QED) is 0.546. The Morgan fingerprint density at radius 1 is 1.33 bits per heavy atom. The fourth-order valence-electron chi connectivity index (χ4n) is 2.09. The van der Waals surface area contributed by atoms with E-state index in [2.05, 4.69) is 10.6 Å². The highest BCUT2D eigenvalue weighted by atomic mass is 16.5. The number of ether oxygens (including phenoxy) is 1. The van der Waals surface area contributed by atoms with Gasteiger partial charge in [-0.2, -0.15) is 0 Å². The fraction of sp³-hybridized carbons (Fsp3) is 0.846. The molecule has 0 unspecified atom stereocenters. The molecule has 0 aromatic heterocycles. The van der Waals surface area contributed by atoms with Crippen molar-refractivity contribution in [3.8, 4) is 0 Å². The summed E-state index contributed by atoms with van der Waals surface area (Å²) in [7, 11) is 0. The van der Waals surface area contributed by atoms with E-state index in [0.29, 0.717) is 26.0 Å². The Hall–Kier alpha value is -1.10. The summed E-state index contributed by atoms with van der Waals surface area (Å²) in [6, 6.07) is 0. The third-order valence-corrected chi connectivity index (χ3v) is 3.40. The van der Waals surface area contributed by atoms with Gasteiger partial charge in [0.05, 0.1) is 6.61 Å². The average Bonchev–Trinajstić information content (AvgIpc) is 2.35. The van der Waals surface area contributed by atoms with Gasteiger partial charge in [-0.3, -0.25) is 9.59 Å². The van der Waals surface area contributed by atoms with Gasteiger partial charge in [0.2, 0.25) is 5.91 Å². The minimum absolute atomic E-state index is 0.104. The molecule has 0 aromatic rings.